The van der Waals surface area contributed by atoms with E-state index in [4.69, 9.17) is 10.6 Å². The molecule has 0 aliphatic rings. The Labute approximate surface area is 121 Å². The van der Waals surface area contributed by atoms with Crippen molar-refractivity contribution in [2.24, 2.45) is 5.84 Å². The molecule has 1 amide bonds. The van der Waals surface area contributed by atoms with Gasteiger partial charge in [0.15, 0.2) is 0 Å². The summed E-state index contributed by atoms with van der Waals surface area (Å²) in [4.78, 5) is 11.5. The number of hydrogen-bond donors (Lipinski definition) is 3. The van der Waals surface area contributed by atoms with E-state index in [2.05, 4.69) is 5.32 Å². The van der Waals surface area contributed by atoms with E-state index < -0.39 is 24.5 Å². The molecule has 1 atom stereocenters. The van der Waals surface area contributed by atoms with Gasteiger partial charge < -0.3 is 10.1 Å². The number of benzene rings is 1. The van der Waals surface area contributed by atoms with Gasteiger partial charge in [-0.25, -0.2) is 5.43 Å². The predicted octanol–water partition coefficient (Wildman–Crippen LogP) is 2.44. The number of rotatable bonds is 5. The highest BCUT2D eigenvalue weighted by molar-refractivity contribution is 5.92. The summed E-state index contributed by atoms with van der Waals surface area (Å²) in [5.41, 5.74) is 1.87. The second-order valence-electron chi connectivity index (χ2n) is 3.71. The molecule has 0 aliphatic carbocycles. The van der Waals surface area contributed by atoms with Crippen molar-refractivity contribution < 1.29 is 22.7 Å². The molecule has 1 rings (SSSR count). The molecule has 120 valence electrons. The van der Waals surface area contributed by atoms with Crippen LogP contribution in [0.25, 0.3) is 0 Å². The third-order valence-electron chi connectivity index (χ3n) is 2.37. The zero-order valence-electron chi connectivity index (χ0n) is 12.1. The van der Waals surface area contributed by atoms with Gasteiger partial charge >= 0.3 is 6.18 Å². The van der Waals surface area contributed by atoms with Crippen LogP contribution < -0.4 is 21.3 Å². The number of carbonyl (C=O) groups excluding carboxylic acids is 1. The Morgan fingerprint density at radius 3 is 2.38 bits per heavy atom. The van der Waals surface area contributed by atoms with Crippen molar-refractivity contribution in [3.05, 3.63) is 24.3 Å². The lowest BCUT2D eigenvalue weighted by Gasteiger charge is -2.19. The predicted molar refractivity (Wildman–Crippen MR) is 74.8 cm³/mol. The highest BCUT2D eigenvalue weighted by Crippen LogP contribution is 2.25. The quantitative estimate of drug-likeness (QED) is 0.577. The van der Waals surface area contributed by atoms with Crippen LogP contribution in [0.3, 0.4) is 0 Å². The molecule has 1 aromatic rings. The normalized spacial score (nSPS) is 12.0. The number of alkyl halides is 3. The molecule has 21 heavy (non-hydrogen) atoms. The second kappa shape index (κ2) is 9.19. The smallest absolute Gasteiger partial charge is 0.405 e. The fourth-order valence-electron chi connectivity index (χ4n) is 1.40. The van der Waals surface area contributed by atoms with Gasteiger partial charge in [0.1, 0.15) is 11.8 Å². The molecule has 0 bridgehead atoms. The average molecular weight is 307 g/mol. The summed E-state index contributed by atoms with van der Waals surface area (Å²) >= 11 is 0. The van der Waals surface area contributed by atoms with Crippen LogP contribution in [0.4, 0.5) is 18.9 Å². The number of amides is 1. The van der Waals surface area contributed by atoms with E-state index in [1.807, 2.05) is 13.8 Å². The van der Waals surface area contributed by atoms with Gasteiger partial charge in [-0.1, -0.05) is 26.0 Å². The monoisotopic (exact) mass is 307 g/mol. The molecule has 4 N–H and O–H groups in total. The third-order valence-corrected chi connectivity index (χ3v) is 2.37. The first-order valence-electron chi connectivity index (χ1n) is 6.34. The number of carbonyl (C=O) groups is 1. The number of hydrogen-bond acceptors (Lipinski definition) is 4. The van der Waals surface area contributed by atoms with Crippen LogP contribution in [0.15, 0.2) is 24.3 Å². The molecule has 0 aromatic heterocycles. The van der Waals surface area contributed by atoms with Gasteiger partial charge in [0, 0.05) is 0 Å². The molecular formula is C13H20F3N3O2. The van der Waals surface area contributed by atoms with Crippen LogP contribution in [0.2, 0.25) is 0 Å². The number of anilines is 1. The number of para-hydroxylation sites is 2. The average Bonchev–Trinajstić information content (AvgIpc) is 2.46. The topological polar surface area (TPSA) is 76.4 Å². The van der Waals surface area contributed by atoms with E-state index in [-0.39, 0.29) is 0 Å². The van der Waals surface area contributed by atoms with E-state index in [9.17, 15) is 18.0 Å². The zero-order valence-corrected chi connectivity index (χ0v) is 12.1. The maximum atomic E-state index is 12.4. The van der Waals surface area contributed by atoms with Crippen molar-refractivity contribution in [1.29, 1.82) is 0 Å². The Morgan fingerprint density at radius 2 is 1.90 bits per heavy atom. The van der Waals surface area contributed by atoms with Gasteiger partial charge in [0.05, 0.1) is 19.2 Å². The number of methoxy groups -OCH3 is 1. The minimum atomic E-state index is -4.59. The summed E-state index contributed by atoms with van der Waals surface area (Å²) in [5, 5.41) is 2.34. The van der Waals surface area contributed by atoms with Gasteiger partial charge in [-0.05, 0) is 12.1 Å². The molecule has 0 aliphatic heterocycles. The molecule has 0 fully saturated rings. The standard InChI is InChI=1S/C11H14F3N3O2.C2H6/c1-19-8-5-3-2-4-7(8)16-10(18)6-9(17-15)11(12,13)14;1-2/h2-5,9,17H,6,15H2,1H3,(H,16,18);1-2H3. The zero-order chi connectivity index (χ0) is 16.5. The summed E-state index contributed by atoms with van der Waals surface area (Å²) in [6.07, 6.45) is -5.41. The summed E-state index contributed by atoms with van der Waals surface area (Å²) in [5.74, 6) is 4.33. The number of ether oxygens (including phenoxy) is 1. The lowest BCUT2D eigenvalue weighted by Crippen LogP contribution is -2.47. The fourth-order valence-corrected chi connectivity index (χ4v) is 1.40. The molecule has 0 saturated heterocycles. The molecule has 1 unspecified atom stereocenters. The van der Waals surface area contributed by atoms with Gasteiger partial charge in [-0.3, -0.25) is 10.6 Å². The fraction of sp³-hybridized carbons (Fsp3) is 0.462. The summed E-state index contributed by atoms with van der Waals surface area (Å²) in [6, 6.07) is 4.31. The maximum absolute atomic E-state index is 12.4. The Bertz CT molecular complexity index is 439. The molecule has 1 aromatic carbocycles. The van der Waals surface area contributed by atoms with E-state index in [1.165, 1.54) is 13.2 Å². The first-order valence-corrected chi connectivity index (χ1v) is 6.34. The van der Waals surface area contributed by atoms with Gasteiger partial charge in [0.25, 0.3) is 0 Å². The van der Waals surface area contributed by atoms with E-state index in [0.717, 1.165) is 0 Å². The van der Waals surface area contributed by atoms with Crippen molar-refractivity contribution >= 4 is 11.6 Å². The van der Waals surface area contributed by atoms with Gasteiger partial charge in [0.2, 0.25) is 5.91 Å². The largest absolute Gasteiger partial charge is 0.495 e. The van der Waals surface area contributed by atoms with Crippen molar-refractivity contribution in [2.75, 3.05) is 12.4 Å². The van der Waals surface area contributed by atoms with E-state index in [1.54, 1.807) is 23.6 Å². The van der Waals surface area contributed by atoms with Crippen molar-refractivity contribution in [1.82, 2.24) is 5.43 Å². The Hall–Kier alpha value is -1.80. The lowest BCUT2D eigenvalue weighted by molar-refractivity contribution is -0.160. The van der Waals surface area contributed by atoms with Gasteiger partial charge in [-0.2, -0.15) is 13.2 Å². The Morgan fingerprint density at radius 1 is 1.33 bits per heavy atom. The van der Waals surface area contributed by atoms with Crippen LogP contribution in [-0.2, 0) is 4.79 Å². The first kappa shape index (κ1) is 19.2. The highest BCUT2D eigenvalue weighted by Gasteiger charge is 2.40. The molecule has 0 radical (unpaired) electrons. The van der Waals surface area contributed by atoms with Crippen LogP contribution in [0, 0.1) is 0 Å². The van der Waals surface area contributed by atoms with Crippen molar-refractivity contribution in [2.45, 2.75) is 32.5 Å². The van der Waals surface area contributed by atoms with E-state index >= 15 is 0 Å². The molecule has 8 heteroatoms. The second-order valence-corrected chi connectivity index (χ2v) is 3.71. The van der Waals surface area contributed by atoms with Crippen molar-refractivity contribution in [3.8, 4) is 5.75 Å². The molecule has 0 saturated carbocycles. The summed E-state index contributed by atoms with van der Waals surface area (Å²) in [7, 11) is 1.39. The number of nitrogens with one attached hydrogen (secondary N) is 2. The van der Waals surface area contributed by atoms with Crippen LogP contribution >= 0.6 is 0 Å². The Kier molecular flexibility index (Phi) is 8.41. The lowest BCUT2D eigenvalue weighted by atomic mass is 10.2. The number of hydrazine groups is 1. The van der Waals surface area contributed by atoms with Gasteiger partial charge in [-0.15, -0.1) is 0 Å². The third kappa shape index (κ3) is 6.46. The first-order chi connectivity index (χ1) is 9.88. The molecular weight excluding hydrogens is 287 g/mol. The molecule has 5 nitrogen and oxygen atoms in total. The van der Waals surface area contributed by atoms with Crippen molar-refractivity contribution in [3.63, 3.8) is 0 Å². The van der Waals surface area contributed by atoms with Crippen LogP contribution in [-0.4, -0.2) is 25.2 Å². The summed E-state index contributed by atoms with van der Waals surface area (Å²) in [6.45, 7) is 4.00. The maximum Gasteiger partial charge on any atom is 0.405 e. The van der Waals surface area contributed by atoms with Crippen LogP contribution in [0.1, 0.15) is 20.3 Å². The van der Waals surface area contributed by atoms with E-state index in [0.29, 0.717) is 11.4 Å². The number of nitrogens with two attached hydrogens (primary N) is 1. The summed E-state index contributed by atoms with van der Waals surface area (Å²) < 4.78 is 42.2. The minimum Gasteiger partial charge on any atom is -0.495 e. The molecule has 0 heterocycles. The molecule has 0 spiro atoms. The SMILES string of the molecule is CC.COc1ccccc1NC(=O)CC(NN)C(F)(F)F. The minimum absolute atomic E-state index is 0.299. The van der Waals surface area contributed by atoms with Crippen LogP contribution in [0.5, 0.6) is 5.75 Å². The number of halogens is 3. The highest BCUT2D eigenvalue weighted by atomic mass is 19.4. The Balaban J connectivity index is 0.00000191.